The van der Waals surface area contributed by atoms with Crippen molar-refractivity contribution in [3.05, 3.63) is 82.4 Å². The van der Waals surface area contributed by atoms with Crippen molar-refractivity contribution in [1.82, 2.24) is 19.8 Å². The lowest BCUT2D eigenvalue weighted by Gasteiger charge is -2.35. The first kappa shape index (κ1) is 24.3. The fourth-order valence-corrected chi connectivity index (χ4v) is 4.25. The van der Waals surface area contributed by atoms with Gasteiger partial charge in [0, 0.05) is 17.0 Å². The standard InChI is InChI=1S/C25H25ClN4O5/c1-15(25(33)34)28-23(31)21-11-20-22(29(14-27-20)12-17-6-3-4-9-19(17)26)13-30(21)24(32)16-7-5-8-18(10-16)35-2/h3-10,14-15,21H,11-13H2,1-2H3,(H,28,31)(H,33,34). The third-order valence-electron chi connectivity index (χ3n) is 6.02. The van der Waals surface area contributed by atoms with Crippen LogP contribution in [0, 0.1) is 0 Å². The van der Waals surface area contributed by atoms with Gasteiger partial charge in [-0.15, -0.1) is 0 Å². The number of imidazole rings is 1. The number of fused-ring (bicyclic) bond motifs is 1. The van der Waals surface area contributed by atoms with Crippen molar-refractivity contribution < 1.29 is 24.2 Å². The Hall–Kier alpha value is -3.85. The summed E-state index contributed by atoms with van der Waals surface area (Å²) in [6.45, 7) is 1.95. The molecule has 2 unspecified atom stereocenters. The number of nitrogens with zero attached hydrogens (tertiary/aromatic N) is 3. The van der Waals surface area contributed by atoms with Gasteiger partial charge < -0.3 is 24.6 Å². The van der Waals surface area contributed by atoms with E-state index in [1.165, 1.54) is 18.9 Å². The minimum atomic E-state index is -1.16. The zero-order valence-electron chi connectivity index (χ0n) is 19.3. The highest BCUT2D eigenvalue weighted by Gasteiger charge is 2.38. The number of halogens is 1. The van der Waals surface area contributed by atoms with Crippen LogP contribution in [0.5, 0.6) is 5.75 Å². The molecule has 0 aliphatic carbocycles. The molecule has 1 aliphatic heterocycles. The number of rotatable bonds is 7. The maximum absolute atomic E-state index is 13.6. The van der Waals surface area contributed by atoms with Crippen LogP contribution in [0.15, 0.2) is 54.9 Å². The fraction of sp³-hybridized carbons (Fsp3) is 0.280. The SMILES string of the molecule is COc1cccc(C(=O)N2Cc3c(ncn3Cc3ccccc3Cl)CC2C(=O)NC(C)C(=O)O)c1. The van der Waals surface area contributed by atoms with E-state index in [4.69, 9.17) is 16.3 Å². The molecular formula is C25H25ClN4O5. The Morgan fingerprint density at radius 1 is 1.23 bits per heavy atom. The van der Waals surface area contributed by atoms with Crippen molar-refractivity contribution in [1.29, 1.82) is 0 Å². The van der Waals surface area contributed by atoms with E-state index >= 15 is 0 Å². The molecule has 4 rings (SSSR count). The summed E-state index contributed by atoms with van der Waals surface area (Å²) < 4.78 is 7.16. The van der Waals surface area contributed by atoms with E-state index in [-0.39, 0.29) is 18.9 Å². The quantitative estimate of drug-likeness (QED) is 0.520. The van der Waals surface area contributed by atoms with Crippen LogP contribution in [0.4, 0.5) is 0 Å². The highest BCUT2D eigenvalue weighted by atomic mass is 35.5. The van der Waals surface area contributed by atoms with Crippen molar-refractivity contribution in [2.75, 3.05) is 7.11 Å². The van der Waals surface area contributed by atoms with Crippen LogP contribution >= 0.6 is 11.6 Å². The number of aromatic nitrogens is 2. The summed E-state index contributed by atoms with van der Waals surface area (Å²) in [5.74, 6) is -1.58. The number of methoxy groups -OCH3 is 1. The number of carbonyl (C=O) groups is 3. The smallest absolute Gasteiger partial charge is 0.325 e. The molecule has 182 valence electrons. The molecule has 0 saturated heterocycles. The molecule has 1 aliphatic rings. The second-order valence-corrected chi connectivity index (χ2v) is 8.72. The first-order valence-corrected chi connectivity index (χ1v) is 11.4. The lowest BCUT2D eigenvalue weighted by atomic mass is 9.99. The summed E-state index contributed by atoms with van der Waals surface area (Å²) in [6, 6.07) is 12.1. The maximum Gasteiger partial charge on any atom is 0.325 e. The molecule has 35 heavy (non-hydrogen) atoms. The molecule has 1 aromatic heterocycles. The third-order valence-corrected chi connectivity index (χ3v) is 6.39. The van der Waals surface area contributed by atoms with Gasteiger partial charge in [-0.1, -0.05) is 35.9 Å². The average Bonchev–Trinajstić information content (AvgIpc) is 3.25. The number of carboxylic acids is 1. The van der Waals surface area contributed by atoms with E-state index in [1.807, 2.05) is 28.8 Å². The molecule has 0 bridgehead atoms. The maximum atomic E-state index is 13.6. The van der Waals surface area contributed by atoms with Gasteiger partial charge in [0.15, 0.2) is 0 Å². The van der Waals surface area contributed by atoms with Crippen molar-refractivity contribution in [3.8, 4) is 5.75 Å². The Balaban J connectivity index is 1.68. The number of amides is 2. The molecule has 0 fully saturated rings. The first-order chi connectivity index (χ1) is 16.8. The summed E-state index contributed by atoms with van der Waals surface area (Å²) in [5.41, 5.74) is 2.72. The van der Waals surface area contributed by atoms with E-state index in [1.54, 1.807) is 30.6 Å². The predicted molar refractivity (Wildman–Crippen MR) is 128 cm³/mol. The van der Waals surface area contributed by atoms with E-state index in [0.29, 0.717) is 28.6 Å². The van der Waals surface area contributed by atoms with Crippen LogP contribution in [-0.4, -0.2) is 56.5 Å². The van der Waals surface area contributed by atoms with E-state index in [0.717, 1.165) is 11.3 Å². The molecular weight excluding hydrogens is 472 g/mol. The summed E-state index contributed by atoms with van der Waals surface area (Å²) >= 11 is 6.34. The molecule has 0 radical (unpaired) electrons. The fourth-order valence-electron chi connectivity index (χ4n) is 4.05. The van der Waals surface area contributed by atoms with E-state index < -0.39 is 24.0 Å². The van der Waals surface area contributed by atoms with Crippen LogP contribution in [0.1, 0.15) is 34.2 Å². The molecule has 0 saturated carbocycles. The monoisotopic (exact) mass is 496 g/mol. The van der Waals surface area contributed by atoms with E-state index in [2.05, 4.69) is 10.3 Å². The minimum Gasteiger partial charge on any atom is -0.497 e. The molecule has 3 aromatic rings. The number of benzene rings is 2. The number of hydrogen-bond donors (Lipinski definition) is 2. The summed E-state index contributed by atoms with van der Waals surface area (Å²) in [4.78, 5) is 43.9. The number of carboxylic acid groups (broad SMARTS) is 1. The Morgan fingerprint density at radius 2 is 2.00 bits per heavy atom. The minimum absolute atomic E-state index is 0.120. The molecule has 9 nitrogen and oxygen atoms in total. The predicted octanol–water partition coefficient (Wildman–Crippen LogP) is 2.75. The second-order valence-electron chi connectivity index (χ2n) is 8.31. The van der Waals surface area contributed by atoms with Gasteiger partial charge in [0.1, 0.15) is 17.8 Å². The molecule has 2 atom stereocenters. The van der Waals surface area contributed by atoms with Crippen LogP contribution in [0.3, 0.4) is 0 Å². The highest BCUT2D eigenvalue weighted by Crippen LogP contribution is 2.27. The molecule has 2 amide bonds. The van der Waals surface area contributed by atoms with Crippen molar-refractivity contribution in [2.45, 2.75) is 38.5 Å². The normalized spacial score (nSPS) is 15.7. The Morgan fingerprint density at radius 3 is 2.71 bits per heavy atom. The van der Waals surface area contributed by atoms with Crippen molar-refractivity contribution in [2.24, 2.45) is 0 Å². The number of carbonyl (C=O) groups excluding carboxylic acids is 2. The summed E-state index contributed by atoms with van der Waals surface area (Å²) in [7, 11) is 1.51. The topological polar surface area (TPSA) is 114 Å². The van der Waals surface area contributed by atoms with Gasteiger partial charge >= 0.3 is 5.97 Å². The van der Waals surface area contributed by atoms with Gasteiger partial charge in [0.05, 0.1) is 37.9 Å². The largest absolute Gasteiger partial charge is 0.497 e. The van der Waals surface area contributed by atoms with Crippen molar-refractivity contribution in [3.63, 3.8) is 0 Å². The van der Waals surface area contributed by atoms with Gasteiger partial charge in [-0.25, -0.2) is 4.98 Å². The highest BCUT2D eigenvalue weighted by molar-refractivity contribution is 6.31. The zero-order valence-corrected chi connectivity index (χ0v) is 20.0. The average molecular weight is 497 g/mol. The van der Waals surface area contributed by atoms with Gasteiger partial charge in [-0.3, -0.25) is 14.4 Å². The molecule has 2 N–H and O–H groups in total. The number of aliphatic carboxylic acids is 1. The lowest BCUT2D eigenvalue weighted by molar-refractivity contribution is -0.142. The Bertz CT molecular complexity index is 1270. The zero-order chi connectivity index (χ0) is 25.1. The third kappa shape index (κ3) is 5.14. The molecule has 2 aromatic carbocycles. The second kappa shape index (κ2) is 10.2. The molecule has 0 spiro atoms. The van der Waals surface area contributed by atoms with Crippen molar-refractivity contribution >= 4 is 29.4 Å². The van der Waals surface area contributed by atoms with Crippen LogP contribution < -0.4 is 10.1 Å². The van der Waals surface area contributed by atoms with Crippen LogP contribution in [-0.2, 0) is 29.1 Å². The van der Waals surface area contributed by atoms with E-state index in [9.17, 15) is 19.5 Å². The van der Waals surface area contributed by atoms with Gasteiger partial charge in [-0.2, -0.15) is 0 Å². The summed E-state index contributed by atoms with van der Waals surface area (Å²) in [5, 5.41) is 12.3. The number of ether oxygens (including phenoxy) is 1. The lowest BCUT2D eigenvalue weighted by Crippen LogP contribution is -2.55. The van der Waals surface area contributed by atoms with Gasteiger partial charge in [0.25, 0.3) is 5.91 Å². The number of hydrogen-bond acceptors (Lipinski definition) is 5. The number of nitrogens with one attached hydrogen (secondary N) is 1. The van der Waals surface area contributed by atoms with Gasteiger partial charge in [-0.05, 0) is 36.8 Å². The first-order valence-electron chi connectivity index (χ1n) is 11.0. The Kier molecular flexibility index (Phi) is 7.07. The molecule has 2 heterocycles. The Labute approximate surface area is 207 Å². The summed E-state index contributed by atoms with van der Waals surface area (Å²) in [6.07, 6.45) is 1.82. The van der Waals surface area contributed by atoms with Gasteiger partial charge in [0.2, 0.25) is 5.91 Å². The van der Waals surface area contributed by atoms with Crippen LogP contribution in [0.25, 0.3) is 0 Å². The van der Waals surface area contributed by atoms with Crippen LogP contribution in [0.2, 0.25) is 5.02 Å². The molecule has 10 heteroatoms.